The van der Waals surface area contributed by atoms with Gasteiger partial charge >= 0.3 is 12.1 Å². The van der Waals surface area contributed by atoms with Crippen LogP contribution in [0.15, 0.2) is 36.5 Å². The lowest BCUT2D eigenvalue weighted by molar-refractivity contribution is -0.141. The number of aromatic nitrogens is 2. The maximum Gasteiger partial charge on any atom is 0.435 e. The van der Waals surface area contributed by atoms with Crippen molar-refractivity contribution in [3.8, 4) is 5.69 Å². The van der Waals surface area contributed by atoms with Gasteiger partial charge in [0.15, 0.2) is 5.69 Å². The van der Waals surface area contributed by atoms with Gasteiger partial charge in [0.25, 0.3) is 5.91 Å². The predicted molar refractivity (Wildman–Crippen MR) is 86.9 cm³/mol. The van der Waals surface area contributed by atoms with Gasteiger partial charge in [0.1, 0.15) is 6.04 Å². The minimum absolute atomic E-state index is 0.0626. The number of aliphatic carboxylic acids is 1. The largest absolute Gasteiger partial charge is 0.480 e. The van der Waals surface area contributed by atoms with Gasteiger partial charge in [-0.1, -0.05) is 19.9 Å². The second kappa shape index (κ2) is 7.59. The maximum absolute atomic E-state index is 12.7. The topological polar surface area (TPSA) is 84.2 Å². The zero-order valence-corrected chi connectivity index (χ0v) is 14.1. The van der Waals surface area contributed by atoms with E-state index in [1.54, 1.807) is 0 Å². The van der Waals surface area contributed by atoms with Gasteiger partial charge in [-0.3, -0.25) is 4.79 Å². The molecule has 1 aromatic carbocycles. The Labute approximate surface area is 147 Å². The van der Waals surface area contributed by atoms with Gasteiger partial charge in [-0.15, -0.1) is 0 Å². The standard InChI is InChI=1S/C17H18F3N3O3/c1-10(2)8-13(16(25)26)21-15(24)11-4-3-5-12(9-11)23-7-6-14(22-23)17(18,19)20/h3-7,9-10,13H,8H2,1-2H3,(H,21,24)(H,25,26). The van der Waals surface area contributed by atoms with Crippen LogP contribution in [0.25, 0.3) is 5.69 Å². The molecule has 0 fully saturated rings. The van der Waals surface area contributed by atoms with Crippen molar-refractivity contribution in [3.05, 3.63) is 47.8 Å². The number of hydrogen-bond acceptors (Lipinski definition) is 3. The summed E-state index contributed by atoms with van der Waals surface area (Å²) in [6.45, 7) is 3.66. The van der Waals surface area contributed by atoms with Crippen LogP contribution >= 0.6 is 0 Å². The number of rotatable bonds is 6. The van der Waals surface area contributed by atoms with Crippen molar-refractivity contribution < 1.29 is 27.9 Å². The summed E-state index contributed by atoms with van der Waals surface area (Å²) in [5, 5.41) is 15.1. The summed E-state index contributed by atoms with van der Waals surface area (Å²) in [7, 11) is 0. The molecule has 0 aliphatic carbocycles. The molecular formula is C17H18F3N3O3. The van der Waals surface area contributed by atoms with Gasteiger partial charge in [-0.05, 0) is 36.6 Å². The van der Waals surface area contributed by atoms with Gasteiger partial charge in [-0.2, -0.15) is 18.3 Å². The highest BCUT2D eigenvalue weighted by molar-refractivity contribution is 5.97. The lowest BCUT2D eigenvalue weighted by Gasteiger charge is -2.16. The summed E-state index contributed by atoms with van der Waals surface area (Å²) in [6.07, 6.45) is -3.17. The van der Waals surface area contributed by atoms with Crippen molar-refractivity contribution in [1.82, 2.24) is 15.1 Å². The number of amides is 1. The van der Waals surface area contributed by atoms with Gasteiger partial charge in [0.2, 0.25) is 0 Å². The van der Waals surface area contributed by atoms with Crippen molar-refractivity contribution in [2.75, 3.05) is 0 Å². The third-order valence-corrected chi connectivity index (χ3v) is 3.56. The first-order valence-corrected chi connectivity index (χ1v) is 7.85. The molecule has 0 saturated carbocycles. The third-order valence-electron chi connectivity index (χ3n) is 3.56. The number of hydrogen-bond donors (Lipinski definition) is 2. The summed E-state index contributed by atoms with van der Waals surface area (Å²) in [4.78, 5) is 23.6. The molecule has 1 heterocycles. The van der Waals surface area contributed by atoms with E-state index in [1.165, 1.54) is 24.3 Å². The van der Waals surface area contributed by atoms with Gasteiger partial charge < -0.3 is 10.4 Å². The molecule has 6 nitrogen and oxygen atoms in total. The zero-order chi connectivity index (χ0) is 19.5. The van der Waals surface area contributed by atoms with Crippen LogP contribution < -0.4 is 5.32 Å². The first-order valence-electron chi connectivity index (χ1n) is 7.85. The van der Waals surface area contributed by atoms with Crippen LogP contribution in [0.2, 0.25) is 0 Å². The molecule has 9 heteroatoms. The molecule has 0 radical (unpaired) electrons. The molecular weight excluding hydrogens is 351 g/mol. The molecule has 140 valence electrons. The fourth-order valence-corrected chi connectivity index (χ4v) is 2.34. The molecule has 1 unspecified atom stereocenters. The van der Waals surface area contributed by atoms with Crippen molar-refractivity contribution in [2.24, 2.45) is 5.92 Å². The number of nitrogens with one attached hydrogen (secondary N) is 1. The number of carboxylic acid groups (broad SMARTS) is 1. The summed E-state index contributed by atoms with van der Waals surface area (Å²) in [5.74, 6) is -1.71. The van der Waals surface area contributed by atoms with Crippen LogP contribution in [-0.2, 0) is 11.0 Å². The zero-order valence-electron chi connectivity index (χ0n) is 14.1. The van der Waals surface area contributed by atoms with Crippen LogP contribution in [0.3, 0.4) is 0 Å². The Morgan fingerprint density at radius 1 is 1.27 bits per heavy atom. The van der Waals surface area contributed by atoms with Crippen molar-refractivity contribution in [2.45, 2.75) is 32.5 Å². The van der Waals surface area contributed by atoms with Crippen LogP contribution in [0.4, 0.5) is 13.2 Å². The minimum atomic E-state index is -4.56. The van der Waals surface area contributed by atoms with Gasteiger partial charge in [0, 0.05) is 11.8 Å². The van der Waals surface area contributed by atoms with Gasteiger partial charge in [-0.25, -0.2) is 9.48 Å². The highest BCUT2D eigenvalue weighted by Gasteiger charge is 2.33. The molecule has 2 rings (SSSR count). The number of carboxylic acids is 1. The Hall–Kier alpha value is -2.84. The van der Waals surface area contributed by atoms with E-state index in [0.717, 1.165) is 16.9 Å². The SMILES string of the molecule is CC(C)CC(NC(=O)c1cccc(-n2ccc(C(F)(F)F)n2)c1)C(=O)O. The summed E-state index contributed by atoms with van der Waals surface area (Å²) >= 11 is 0. The Balaban J connectivity index is 2.21. The van der Waals surface area contributed by atoms with E-state index in [-0.39, 0.29) is 23.6 Å². The lowest BCUT2D eigenvalue weighted by atomic mass is 10.0. The molecule has 1 aromatic heterocycles. The normalized spacial score (nSPS) is 12.8. The Kier molecular flexibility index (Phi) is 5.69. The minimum Gasteiger partial charge on any atom is -0.480 e. The summed E-state index contributed by atoms with van der Waals surface area (Å²) in [5.41, 5.74) is -0.666. The van der Waals surface area contributed by atoms with Crippen molar-refractivity contribution in [3.63, 3.8) is 0 Å². The predicted octanol–water partition coefficient (Wildman–Crippen LogP) is 3.12. The number of alkyl halides is 3. The van der Waals surface area contributed by atoms with Crippen LogP contribution in [0, 0.1) is 5.92 Å². The van der Waals surface area contributed by atoms with Crippen molar-refractivity contribution in [1.29, 1.82) is 0 Å². The molecule has 0 bridgehead atoms. The molecule has 1 atom stereocenters. The first kappa shape index (κ1) is 19.5. The van der Waals surface area contributed by atoms with Crippen molar-refractivity contribution >= 4 is 11.9 Å². The summed E-state index contributed by atoms with van der Waals surface area (Å²) in [6, 6.07) is 5.55. The first-order chi connectivity index (χ1) is 12.1. The second-order valence-corrected chi connectivity index (χ2v) is 6.19. The molecule has 2 aromatic rings. The lowest BCUT2D eigenvalue weighted by Crippen LogP contribution is -2.41. The molecule has 0 saturated heterocycles. The Morgan fingerprint density at radius 3 is 2.50 bits per heavy atom. The Bertz CT molecular complexity index is 800. The van der Waals surface area contributed by atoms with E-state index >= 15 is 0 Å². The molecule has 0 aliphatic rings. The average molecular weight is 369 g/mol. The number of nitrogens with zero attached hydrogens (tertiary/aromatic N) is 2. The van der Waals surface area contributed by atoms with Crippen LogP contribution in [-0.4, -0.2) is 32.8 Å². The average Bonchev–Trinajstić information content (AvgIpc) is 3.04. The number of benzene rings is 1. The Morgan fingerprint density at radius 2 is 1.96 bits per heavy atom. The molecule has 0 spiro atoms. The molecule has 2 N–H and O–H groups in total. The number of carbonyl (C=O) groups is 2. The molecule has 1 amide bonds. The summed E-state index contributed by atoms with van der Waals surface area (Å²) < 4.78 is 39.0. The van der Waals surface area contributed by atoms with Gasteiger partial charge in [0.05, 0.1) is 5.69 Å². The van der Waals surface area contributed by atoms with E-state index in [1.807, 2.05) is 13.8 Å². The second-order valence-electron chi connectivity index (χ2n) is 6.19. The quantitative estimate of drug-likeness (QED) is 0.819. The maximum atomic E-state index is 12.7. The van der Waals surface area contributed by atoms with E-state index in [9.17, 15) is 27.9 Å². The van der Waals surface area contributed by atoms with Crippen LogP contribution in [0.1, 0.15) is 36.3 Å². The van der Waals surface area contributed by atoms with E-state index < -0.39 is 29.8 Å². The van der Waals surface area contributed by atoms with E-state index in [4.69, 9.17) is 0 Å². The van der Waals surface area contributed by atoms with Crippen LogP contribution in [0.5, 0.6) is 0 Å². The molecule has 0 aliphatic heterocycles. The molecule has 26 heavy (non-hydrogen) atoms. The smallest absolute Gasteiger partial charge is 0.435 e. The van der Waals surface area contributed by atoms with E-state index in [0.29, 0.717) is 0 Å². The number of halogens is 3. The highest BCUT2D eigenvalue weighted by Crippen LogP contribution is 2.27. The highest BCUT2D eigenvalue weighted by atomic mass is 19.4. The fraction of sp³-hybridized carbons (Fsp3) is 0.353. The monoisotopic (exact) mass is 369 g/mol. The third kappa shape index (κ3) is 4.84. The van der Waals surface area contributed by atoms with E-state index in [2.05, 4.69) is 10.4 Å². The number of carbonyl (C=O) groups excluding carboxylic acids is 1. The fourth-order valence-electron chi connectivity index (χ4n) is 2.34.